The van der Waals surface area contributed by atoms with Gasteiger partial charge in [0.05, 0.1) is 27.2 Å². The number of aromatic nitrogens is 4. The predicted molar refractivity (Wildman–Crippen MR) is 148 cm³/mol. The molecule has 4 aromatic rings. The molecule has 0 aliphatic carbocycles. The Balaban J connectivity index is 1.21. The molecule has 0 spiro atoms. The maximum absolute atomic E-state index is 13.3. The second kappa shape index (κ2) is 11.7. The van der Waals surface area contributed by atoms with E-state index in [0.29, 0.717) is 41.4 Å². The van der Waals surface area contributed by atoms with Crippen LogP contribution in [-0.4, -0.2) is 88.1 Å². The molecule has 42 heavy (non-hydrogen) atoms. The summed E-state index contributed by atoms with van der Waals surface area (Å²) in [7, 11) is 2.97. The van der Waals surface area contributed by atoms with Crippen molar-refractivity contribution in [1.29, 1.82) is 0 Å². The summed E-state index contributed by atoms with van der Waals surface area (Å²) in [6, 6.07) is 9.63. The smallest absolute Gasteiger partial charge is 0.252 e. The van der Waals surface area contributed by atoms with Crippen LogP contribution in [0.3, 0.4) is 0 Å². The quantitative estimate of drug-likeness (QED) is 0.213. The molecule has 220 valence electrons. The van der Waals surface area contributed by atoms with E-state index in [0.717, 1.165) is 17.1 Å². The molecule has 2 aliphatic heterocycles. The zero-order chi connectivity index (χ0) is 29.2. The highest BCUT2D eigenvalue weighted by atomic mass is 16.7. The van der Waals surface area contributed by atoms with E-state index in [9.17, 15) is 15.0 Å². The van der Waals surface area contributed by atoms with Crippen molar-refractivity contribution in [3.63, 3.8) is 0 Å². The van der Waals surface area contributed by atoms with Crippen molar-refractivity contribution in [3.05, 3.63) is 60.2 Å². The maximum Gasteiger partial charge on any atom is 0.252 e. The Hall–Kier alpha value is -4.66. The van der Waals surface area contributed by atoms with E-state index in [1.807, 2.05) is 18.2 Å². The number of anilines is 1. The molecule has 1 amide bonds. The fourth-order valence-corrected chi connectivity index (χ4v) is 5.05. The number of methoxy groups -OCH3 is 2. The Bertz CT molecular complexity index is 1570. The van der Waals surface area contributed by atoms with Crippen LogP contribution in [-0.2, 0) is 11.2 Å². The van der Waals surface area contributed by atoms with E-state index in [1.165, 1.54) is 26.9 Å². The van der Waals surface area contributed by atoms with E-state index in [1.54, 1.807) is 22.8 Å². The van der Waals surface area contributed by atoms with Crippen LogP contribution in [0.2, 0.25) is 0 Å². The molecular weight excluding hydrogens is 548 g/mol. The zero-order valence-electron chi connectivity index (χ0n) is 22.9. The van der Waals surface area contributed by atoms with Gasteiger partial charge in [-0.05, 0) is 36.2 Å². The molecule has 0 unspecified atom stereocenters. The SMILES string of the molecule is COc1cc(OC)cc(C(=O)N[C@@H]2[C@H](O)[C@@H](CO)O[C@H]2n2cnc3c(NCCc4ccc5c(c4)OCO5)ncnc32)c1. The number of nitrogens with zero attached hydrogens (tertiary/aromatic N) is 4. The summed E-state index contributed by atoms with van der Waals surface area (Å²) in [6.45, 7) is 0.331. The molecule has 2 aliphatic rings. The number of hydrogen-bond acceptors (Lipinski definition) is 12. The second-order valence-electron chi connectivity index (χ2n) is 9.75. The van der Waals surface area contributed by atoms with E-state index in [-0.39, 0.29) is 12.4 Å². The average molecular weight is 579 g/mol. The highest BCUT2D eigenvalue weighted by Crippen LogP contribution is 2.34. The fraction of sp³-hybridized carbons (Fsp3) is 0.357. The number of hydrogen-bond donors (Lipinski definition) is 4. The number of fused-ring (bicyclic) bond motifs is 2. The lowest BCUT2D eigenvalue weighted by atomic mass is 10.1. The fourth-order valence-electron chi connectivity index (χ4n) is 5.05. The summed E-state index contributed by atoms with van der Waals surface area (Å²) in [5.41, 5.74) is 2.24. The minimum atomic E-state index is -1.21. The van der Waals surface area contributed by atoms with Crippen molar-refractivity contribution in [2.24, 2.45) is 0 Å². The number of amides is 1. The van der Waals surface area contributed by atoms with E-state index < -0.39 is 37.0 Å². The van der Waals surface area contributed by atoms with Gasteiger partial charge >= 0.3 is 0 Å². The standard InChI is InChI=1S/C28H30N6O8/c1-38-17-8-16(9-18(10-17)39-2)27(37)33-22-24(36)21(11-35)42-28(22)34-13-32-23-25(30-12-31-26(23)34)29-6-5-15-3-4-19-20(7-15)41-14-40-19/h3-4,7-10,12-13,21-22,24,28,35-36H,5-6,11,14H2,1-2H3,(H,33,37)(H,29,30,31)/t21-,22-,24-,28-/m1/s1. The third-order valence-corrected chi connectivity index (χ3v) is 7.24. The van der Waals surface area contributed by atoms with Gasteiger partial charge in [0.1, 0.15) is 36.1 Å². The number of aliphatic hydroxyl groups is 2. The van der Waals surface area contributed by atoms with Gasteiger partial charge < -0.3 is 44.5 Å². The molecule has 4 atom stereocenters. The molecule has 14 heteroatoms. The highest BCUT2D eigenvalue weighted by molar-refractivity contribution is 5.95. The molecule has 14 nitrogen and oxygen atoms in total. The van der Waals surface area contributed by atoms with Crippen LogP contribution in [0.25, 0.3) is 11.2 Å². The number of rotatable bonds is 10. The first-order valence-electron chi connectivity index (χ1n) is 13.3. The summed E-state index contributed by atoms with van der Waals surface area (Å²) < 4.78 is 29.0. The van der Waals surface area contributed by atoms with Crippen LogP contribution in [0.1, 0.15) is 22.1 Å². The Kier molecular flexibility index (Phi) is 7.65. The van der Waals surface area contributed by atoms with Crippen molar-refractivity contribution < 1.29 is 38.7 Å². The van der Waals surface area contributed by atoms with Gasteiger partial charge in [-0.2, -0.15) is 0 Å². The van der Waals surface area contributed by atoms with Crippen LogP contribution in [0.5, 0.6) is 23.0 Å². The first-order chi connectivity index (χ1) is 20.5. The Morgan fingerprint density at radius 1 is 1.07 bits per heavy atom. The van der Waals surface area contributed by atoms with Gasteiger partial charge in [0, 0.05) is 18.2 Å². The molecule has 4 N–H and O–H groups in total. The van der Waals surface area contributed by atoms with Gasteiger partial charge in [-0.1, -0.05) is 6.07 Å². The number of carbonyl (C=O) groups is 1. The van der Waals surface area contributed by atoms with Crippen LogP contribution >= 0.6 is 0 Å². The number of nitrogens with one attached hydrogen (secondary N) is 2. The molecule has 4 heterocycles. The number of benzene rings is 2. The monoisotopic (exact) mass is 578 g/mol. The normalized spacial score (nSPS) is 21.0. The van der Waals surface area contributed by atoms with Gasteiger partial charge in [-0.15, -0.1) is 0 Å². The number of carbonyl (C=O) groups excluding carboxylic acids is 1. The van der Waals surface area contributed by atoms with Gasteiger partial charge in [0.15, 0.2) is 34.7 Å². The lowest BCUT2D eigenvalue weighted by Crippen LogP contribution is -2.46. The molecule has 1 fully saturated rings. The molecule has 0 radical (unpaired) electrons. The van der Waals surface area contributed by atoms with Crippen molar-refractivity contribution in [2.75, 3.05) is 39.5 Å². The number of imidazole rings is 1. The largest absolute Gasteiger partial charge is 0.497 e. The highest BCUT2D eigenvalue weighted by Gasteiger charge is 2.46. The summed E-state index contributed by atoms with van der Waals surface area (Å²) in [4.78, 5) is 26.5. The Labute approximate surface area is 240 Å². The minimum absolute atomic E-state index is 0.222. The molecular formula is C28H30N6O8. The van der Waals surface area contributed by atoms with Crippen LogP contribution < -0.4 is 29.6 Å². The van der Waals surface area contributed by atoms with Crippen molar-refractivity contribution in [1.82, 2.24) is 24.8 Å². The van der Waals surface area contributed by atoms with Crippen molar-refractivity contribution >= 4 is 22.9 Å². The van der Waals surface area contributed by atoms with E-state index >= 15 is 0 Å². The first-order valence-corrected chi connectivity index (χ1v) is 13.3. The minimum Gasteiger partial charge on any atom is -0.497 e. The lowest BCUT2D eigenvalue weighted by molar-refractivity contribution is -0.0440. The summed E-state index contributed by atoms with van der Waals surface area (Å²) in [6.07, 6.45) is 0.521. The van der Waals surface area contributed by atoms with Crippen molar-refractivity contribution in [2.45, 2.75) is 30.9 Å². The molecule has 6 rings (SSSR count). The van der Waals surface area contributed by atoms with Crippen LogP contribution in [0, 0.1) is 0 Å². The van der Waals surface area contributed by atoms with Crippen LogP contribution in [0.4, 0.5) is 5.82 Å². The third kappa shape index (κ3) is 5.22. The van der Waals surface area contributed by atoms with Gasteiger partial charge in [-0.25, -0.2) is 15.0 Å². The van der Waals surface area contributed by atoms with Gasteiger partial charge in [-0.3, -0.25) is 9.36 Å². The topological polar surface area (TPSA) is 171 Å². The second-order valence-corrected chi connectivity index (χ2v) is 9.75. The average Bonchev–Trinajstić information content (AvgIpc) is 3.74. The number of aliphatic hydroxyl groups excluding tert-OH is 2. The molecule has 0 bridgehead atoms. The Morgan fingerprint density at radius 3 is 2.62 bits per heavy atom. The van der Waals surface area contributed by atoms with E-state index in [2.05, 4.69) is 25.6 Å². The summed E-state index contributed by atoms with van der Waals surface area (Å²) in [5, 5.41) is 27.0. The molecule has 2 aromatic carbocycles. The molecule has 0 saturated carbocycles. The predicted octanol–water partition coefficient (Wildman–Crippen LogP) is 1.28. The summed E-state index contributed by atoms with van der Waals surface area (Å²) in [5.74, 6) is 2.35. The lowest BCUT2D eigenvalue weighted by Gasteiger charge is -2.23. The number of ether oxygens (including phenoxy) is 5. The van der Waals surface area contributed by atoms with Gasteiger partial charge in [0.2, 0.25) is 6.79 Å². The maximum atomic E-state index is 13.3. The van der Waals surface area contributed by atoms with E-state index in [4.69, 9.17) is 23.7 Å². The van der Waals surface area contributed by atoms with Crippen molar-refractivity contribution in [3.8, 4) is 23.0 Å². The molecule has 2 aromatic heterocycles. The Morgan fingerprint density at radius 2 is 1.86 bits per heavy atom. The van der Waals surface area contributed by atoms with Gasteiger partial charge in [0.25, 0.3) is 5.91 Å². The third-order valence-electron chi connectivity index (χ3n) is 7.24. The first kappa shape index (κ1) is 27.5. The summed E-state index contributed by atoms with van der Waals surface area (Å²) >= 11 is 0. The zero-order valence-corrected chi connectivity index (χ0v) is 22.9. The van der Waals surface area contributed by atoms with Crippen LogP contribution in [0.15, 0.2) is 49.1 Å². The molecule has 1 saturated heterocycles.